The standard InChI is InChI=1S/C15H21N3/c1-10-5-3-4-6-14(10)12-7-13(8-12)18-15-16-9-11(2)17-15/h3-6,11-13H,7-9H2,1-2H3,(H2,16,17,18). The van der Waals surface area contributed by atoms with Crippen LogP contribution >= 0.6 is 0 Å². The number of benzene rings is 1. The van der Waals surface area contributed by atoms with Gasteiger partial charge < -0.3 is 10.6 Å². The van der Waals surface area contributed by atoms with Crippen LogP contribution in [0, 0.1) is 6.92 Å². The Hall–Kier alpha value is -1.51. The number of rotatable bonds is 2. The van der Waals surface area contributed by atoms with E-state index >= 15 is 0 Å². The highest BCUT2D eigenvalue weighted by Crippen LogP contribution is 2.38. The molecule has 3 rings (SSSR count). The van der Waals surface area contributed by atoms with E-state index < -0.39 is 0 Å². The topological polar surface area (TPSA) is 36.4 Å². The van der Waals surface area contributed by atoms with E-state index in [0.29, 0.717) is 12.1 Å². The van der Waals surface area contributed by atoms with Crippen molar-refractivity contribution in [2.75, 3.05) is 6.54 Å². The van der Waals surface area contributed by atoms with E-state index in [-0.39, 0.29) is 0 Å². The van der Waals surface area contributed by atoms with E-state index in [9.17, 15) is 0 Å². The second kappa shape index (κ2) is 4.63. The average Bonchev–Trinajstić information content (AvgIpc) is 2.70. The van der Waals surface area contributed by atoms with Gasteiger partial charge in [0.2, 0.25) is 0 Å². The van der Waals surface area contributed by atoms with Gasteiger partial charge in [-0.15, -0.1) is 0 Å². The molecule has 1 saturated carbocycles. The molecule has 1 aromatic carbocycles. The molecule has 0 spiro atoms. The summed E-state index contributed by atoms with van der Waals surface area (Å²) in [6.07, 6.45) is 2.44. The zero-order chi connectivity index (χ0) is 12.5. The Bertz CT molecular complexity index is 461. The van der Waals surface area contributed by atoms with Crippen molar-refractivity contribution in [3.05, 3.63) is 35.4 Å². The van der Waals surface area contributed by atoms with Crippen LogP contribution in [0.2, 0.25) is 0 Å². The molecule has 1 aromatic rings. The summed E-state index contributed by atoms with van der Waals surface area (Å²) >= 11 is 0. The van der Waals surface area contributed by atoms with Gasteiger partial charge in [-0.1, -0.05) is 24.3 Å². The van der Waals surface area contributed by atoms with Crippen LogP contribution in [0.25, 0.3) is 0 Å². The van der Waals surface area contributed by atoms with Gasteiger partial charge in [0.1, 0.15) is 0 Å². The molecule has 0 saturated heterocycles. The van der Waals surface area contributed by atoms with E-state index in [1.807, 2.05) is 0 Å². The van der Waals surface area contributed by atoms with Gasteiger partial charge in [-0.3, -0.25) is 4.99 Å². The number of nitrogens with one attached hydrogen (secondary N) is 2. The van der Waals surface area contributed by atoms with Crippen molar-refractivity contribution < 1.29 is 0 Å². The lowest BCUT2D eigenvalue weighted by Crippen LogP contribution is -2.48. The lowest BCUT2D eigenvalue weighted by Gasteiger charge is -2.37. The molecule has 18 heavy (non-hydrogen) atoms. The first kappa shape index (κ1) is 11.6. The van der Waals surface area contributed by atoms with Crippen molar-refractivity contribution in [3.8, 4) is 0 Å². The Labute approximate surface area is 109 Å². The summed E-state index contributed by atoms with van der Waals surface area (Å²) < 4.78 is 0. The molecule has 3 heteroatoms. The molecular weight excluding hydrogens is 222 g/mol. The zero-order valence-corrected chi connectivity index (χ0v) is 11.1. The highest BCUT2D eigenvalue weighted by molar-refractivity contribution is 5.82. The minimum Gasteiger partial charge on any atom is -0.354 e. The first-order valence-electron chi connectivity index (χ1n) is 6.85. The summed E-state index contributed by atoms with van der Waals surface area (Å²) in [7, 11) is 0. The maximum Gasteiger partial charge on any atom is 0.191 e. The molecular formula is C15H21N3. The third kappa shape index (κ3) is 2.22. The lowest BCUT2D eigenvalue weighted by atomic mass is 9.74. The number of hydrogen-bond donors (Lipinski definition) is 2. The summed E-state index contributed by atoms with van der Waals surface area (Å²) in [5, 5.41) is 6.86. The quantitative estimate of drug-likeness (QED) is 0.835. The fourth-order valence-electron chi connectivity index (χ4n) is 2.87. The third-order valence-corrected chi connectivity index (χ3v) is 4.01. The molecule has 2 N–H and O–H groups in total. The van der Waals surface area contributed by atoms with Crippen LogP contribution in [-0.4, -0.2) is 24.6 Å². The van der Waals surface area contributed by atoms with Crippen molar-refractivity contribution in [1.82, 2.24) is 10.6 Å². The Morgan fingerprint density at radius 2 is 2.06 bits per heavy atom. The van der Waals surface area contributed by atoms with Gasteiger partial charge in [0, 0.05) is 12.1 Å². The Balaban J connectivity index is 1.53. The van der Waals surface area contributed by atoms with Crippen molar-refractivity contribution >= 4 is 5.96 Å². The second-order valence-electron chi connectivity index (χ2n) is 5.60. The molecule has 1 heterocycles. The SMILES string of the molecule is Cc1ccccc1C1CC(NC2=NCC(C)N2)C1. The summed E-state index contributed by atoms with van der Waals surface area (Å²) in [5.74, 6) is 1.72. The van der Waals surface area contributed by atoms with Gasteiger partial charge >= 0.3 is 0 Å². The molecule has 0 amide bonds. The largest absolute Gasteiger partial charge is 0.354 e. The number of aryl methyl sites for hydroxylation is 1. The summed E-state index contributed by atoms with van der Waals surface area (Å²) in [6.45, 7) is 5.27. The second-order valence-corrected chi connectivity index (χ2v) is 5.60. The smallest absolute Gasteiger partial charge is 0.191 e. The first-order chi connectivity index (χ1) is 8.72. The van der Waals surface area contributed by atoms with Gasteiger partial charge in [-0.25, -0.2) is 0 Å². The lowest BCUT2D eigenvalue weighted by molar-refractivity contribution is 0.321. The van der Waals surface area contributed by atoms with Crippen molar-refractivity contribution in [2.45, 2.75) is 44.7 Å². The van der Waals surface area contributed by atoms with E-state index in [2.05, 4.69) is 53.7 Å². The van der Waals surface area contributed by atoms with Gasteiger partial charge in [0.15, 0.2) is 5.96 Å². The van der Waals surface area contributed by atoms with Crippen LogP contribution in [-0.2, 0) is 0 Å². The van der Waals surface area contributed by atoms with Crippen molar-refractivity contribution in [2.24, 2.45) is 4.99 Å². The van der Waals surface area contributed by atoms with E-state index in [1.165, 1.54) is 24.0 Å². The van der Waals surface area contributed by atoms with Crippen LogP contribution < -0.4 is 10.6 Å². The average molecular weight is 243 g/mol. The van der Waals surface area contributed by atoms with E-state index in [1.54, 1.807) is 0 Å². The van der Waals surface area contributed by atoms with Crippen LogP contribution in [0.4, 0.5) is 0 Å². The number of nitrogens with zero attached hydrogens (tertiary/aromatic N) is 1. The predicted molar refractivity (Wildman–Crippen MR) is 75.0 cm³/mol. The monoisotopic (exact) mass is 243 g/mol. The van der Waals surface area contributed by atoms with Crippen LogP contribution in [0.3, 0.4) is 0 Å². The Morgan fingerprint density at radius 3 is 2.72 bits per heavy atom. The predicted octanol–water partition coefficient (Wildman–Crippen LogP) is 2.18. The molecule has 2 aliphatic rings. The molecule has 0 bridgehead atoms. The highest BCUT2D eigenvalue weighted by atomic mass is 15.2. The van der Waals surface area contributed by atoms with Crippen LogP contribution in [0.15, 0.2) is 29.3 Å². The van der Waals surface area contributed by atoms with E-state index in [0.717, 1.165) is 18.4 Å². The van der Waals surface area contributed by atoms with E-state index in [4.69, 9.17) is 0 Å². The molecule has 96 valence electrons. The maximum absolute atomic E-state index is 4.45. The van der Waals surface area contributed by atoms with Gasteiger partial charge in [0.05, 0.1) is 6.54 Å². The molecule has 1 fully saturated rings. The highest BCUT2D eigenvalue weighted by Gasteiger charge is 2.32. The van der Waals surface area contributed by atoms with Crippen LogP contribution in [0.5, 0.6) is 0 Å². The Morgan fingerprint density at radius 1 is 1.28 bits per heavy atom. The third-order valence-electron chi connectivity index (χ3n) is 4.01. The minimum atomic E-state index is 0.486. The molecule has 1 aliphatic carbocycles. The minimum absolute atomic E-state index is 0.486. The van der Waals surface area contributed by atoms with Crippen molar-refractivity contribution in [1.29, 1.82) is 0 Å². The molecule has 1 atom stereocenters. The molecule has 1 aliphatic heterocycles. The number of hydrogen-bond acceptors (Lipinski definition) is 3. The summed E-state index contributed by atoms with van der Waals surface area (Å²) in [5.41, 5.74) is 2.94. The molecule has 1 unspecified atom stereocenters. The van der Waals surface area contributed by atoms with Crippen molar-refractivity contribution in [3.63, 3.8) is 0 Å². The fraction of sp³-hybridized carbons (Fsp3) is 0.533. The molecule has 0 radical (unpaired) electrons. The Kier molecular flexibility index (Phi) is 2.98. The van der Waals surface area contributed by atoms with Crippen LogP contribution in [0.1, 0.15) is 36.8 Å². The van der Waals surface area contributed by atoms with Gasteiger partial charge in [0.25, 0.3) is 0 Å². The normalized spacial score (nSPS) is 30.3. The maximum atomic E-state index is 4.45. The number of guanidine groups is 1. The summed E-state index contributed by atoms with van der Waals surface area (Å²) in [6, 6.07) is 9.81. The molecule has 3 nitrogen and oxygen atoms in total. The first-order valence-corrected chi connectivity index (χ1v) is 6.85. The van der Waals surface area contributed by atoms with Gasteiger partial charge in [-0.05, 0) is 43.7 Å². The summed E-state index contributed by atoms with van der Waals surface area (Å²) in [4.78, 5) is 4.45. The molecule has 0 aromatic heterocycles. The number of aliphatic imine (C=N–C) groups is 1. The fourth-order valence-corrected chi connectivity index (χ4v) is 2.87. The van der Waals surface area contributed by atoms with Gasteiger partial charge in [-0.2, -0.15) is 0 Å². The zero-order valence-electron chi connectivity index (χ0n) is 11.1.